The lowest BCUT2D eigenvalue weighted by molar-refractivity contribution is -0.194. The molecule has 13 atom stereocenters. The Morgan fingerprint density at radius 3 is 2.31 bits per heavy atom. The van der Waals surface area contributed by atoms with Crippen LogP contribution in [0.2, 0.25) is 0 Å². The number of aliphatic hydroxyl groups excluding tert-OH is 2. The fraction of sp³-hybridized carbons (Fsp3) is 0.714. The van der Waals surface area contributed by atoms with Gasteiger partial charge in [-0.05, 0) is 125 Å². The number of cyclic esters (lactones) is 1. The zero-order valence-corrected chi connectivity index (χ0v) is 38.3. The minimum atomic E-state index is -2.04. The van der Waals surface area contributed by atoms with Gasteiger partial charge < -0.3 is 43.9 Å². The van der Waals surface area contributed by atoms with Crippen molar-refractivity contribution >= 4 is 23.4 Å². The maximum atomic E-state index is 14.4. The minimum absolute atomic E-state index is 0.0558. The van der Waals surface area contributed by atoms with Gasteiger partial charge in [-0.1, -0.05) is 57.6 Å². The zero-order chi connectivity index (χ0) is 45.3. The van der Waals surface area contributed by atoms with Crippen molar-refractivity contribution < 1.29 is 58.2 Å². The van der Waals surface area contributed by atoms with Crippen LogP contribution in [0.4, 0.5) is 0 Å². The predicted molar refractivity (Wildman–Crippen MR) is 233 cm³/mol. The standard InChI is InChI=1S/C49H73NO12/c1-9-36-22-29(2)21-30(3)23-42(58-7)38-27-49(57,33(6)25-43(38)59-8)45(54)46(55)50-19-10-20-60-47(50)48(56)62-44(31(4)11-17-39(36)52)32(5)24-35-14-18-41(40(53)26-35)61-37-15-12-34(28-51)13-16-37/h12-13,15-16,22,24,30-31,33,35-36,38,40-44,47,51,53,57H,9-11,14,17-21,23,25-28H2,1-8H3/b29-22+,32-24?. The average molecular weight is 868 g/mol. The molecule has 1 saturated heterocycles. The summed E-state index contributed by atoms with van der Waals surface area (Å²) < 4.78 is 30.3. The normalized spacial score (nSPS) is 37.4. The van der Waals surface area contributed by atoms with E-state index >= 15 is 0 Å². The quantitative estimate of drug-likeness (QED) is 0.152. The van der Waals surface area contributed by atoms with E-state index < -0.39 is 59.6 Å². The monoisotopic (exact) mass is 868 g/mol. The molecule has 0 spiro atoms. The Morgan fingerprint density at radius 1 is 0.968 bits per heavy atom. The topological polar surface area (TPSA) is 178 Å². The molecule has 1 aromatic rings. The maximum Gasteiger partial charge on any atom is 0.357 e. The van der Waals surface area contributed by atoms with Crippen LogP contribution >= 0.6 is 0 Å². The van der Waals surface area contributed by atoms with Crippen molar-refractivity contribution in [3.63, 3.8) is 0 Å². The highest BCUT2D eigenvalue weighted by molar-refractivity contribution is 6.39. The van der Waals surface area contributed by atoms with E-state index in [0.717, 1.165) is 28.0 Å². The van der Waals surface area contributed by atoms with Crippen LogP contribution in [-0.4, -0.2) is 113 Å². The number of hydrogen-bond donors (Lipinski definition) is 3. The summed E-state index contributed by atoms with van der Waals surface area (Å²) in [5.41, 5.74) is 0.561. The predicted octanol–water partition coefficient (Wildman–Crippen LogP) is 6.28. The highest BCUT2D eigenvalue weighted by Gasteiger charge is 2.55. The Balaban J connectivity index is 1.44. The summed E-state index contributed by atoms with van der Waals surface area (Å²) in [7, 11) is 3.22. The molecule has 0 aromatic heterocycles. The molecule has 346 valence electrons. The SMILES string of the molecule is CCC1/C=C(\C)CC(C)CC(OC)C2CC(O)(C(=O)C(=O)N3CCCOC3C(=O)OC(C(C)=CC3CCC(Oc4ccc(CO)cc4)C(O)C3)C(C)CCC1=O)C(C)CC2OC. The van der Waals surface area contributed by atoms with Gasteiger partial charge in [0.2, 0.25) is 6.23 Å². The van der Waals surface area contributed by atoms with Crippen molar-refractivity contribution in [2.45, 2.75) is 161 Å². The number of carbonyl (C=O) groups excluding carboxylic acids is 4. The molecule has 2 aliphatic carbocycles. The number of carbonyl (C=O) groups is 4. The van der Waals surface area contributed by atoms with Crippen molar-refractivity contribution in [1.29, 1.82) is 0 Å². The first kappa shape index (κ1) is 49.6. The molecule has 62 heavy (non-hydrogen) atoms. The summed E-state index contributed by atoms with van der Waals surface area (Å²) in [6.07, 6.45) is 4.91. The van der Waals surface area contributed by atoms with Crippen molar-refractivity contribution in [3.8, 4) is 5.75 Å². The van der Waals surface area contributed by atoms with Gasteiger partial charge in [-0.15, -0.1) is 0 Å². The van der Waals surface area contributed by atoms with Gasteiger partial charge in [-0.25, -0.2) is 4.79 Å². The lowest BCUT2D eigenvalue weighted by atomic mass is 9.65. The summed E-state index contributed by atoms with van der Waals surface area (Å²) in [6.45, 7) is 11.9. The van der Waals surface area contributed by atoms with Crippen LogP contribution in [0.1, 0.15) is 118 Å². The summed E-state index contributed by atoms with van der Waals surface area (Å²) in [4.78, 5) is 57.9. The van der Waals surface area contributed by atoms with Crippen LogP contribution in [0.5, 0.6) is 5.75 Å². The number of amides is 1. The first-order chi connectivity index (χ1) is 29.5. The van der Waals surface area contributed by atoms with Crippen LogP contribution in [0.25, 0.3) is 0 Å². The van der Waals surface area contributed by atoms with E-state index in [1.165, 1.54) is 0 Å². The number of benzene rings is 1. The molecule has 2 bridgehead atoms. The van der Waals surface area contributed by atoms with E-state index in [0.29, 0.717) is 57.1 Å². The van der Waals surface area contributed by atoms with Gasteiger partial charge in [0.25, 0.3) is 11.7 Å². The third-order valence-corrected chi connectivity index (χ3v) is 14.0. The fourth-order valence-corrected chi connectivity index (χ4v) is 10.4. The molecule has 13 heteroatoms. The van der Waals surface area contributed by atoms with Gasteiger partial charge in [0.1, 0.15) is 29.3 Å². The third kappa shape index (κ3) is 12.0. The van der Waals surface area contributed by atoms with Gasteiger partial charge in [-0.3, -0.25) is 14.4 Å². The number of hydrogen-bond acceptors (Lipinski definition) is 12. The average Bonchev–Trinajstić information content (AvgIpc) is 3.26. The third-order valence-electron chi connectivity index (χ3n) is 14.0. The van der Waals surface area contributed by atoms with E-state index in [1.54, 1.807) is 45.4 Å². The number of ether oxygens (including phenoxy) is 5. The van der Waals surface area contributed by atoms with Crippen LogP contribution in [0.15, 0.2) is 47.6 Å². The van der Waals surface area contributed by atoms with E-state index in [-0.39, 0.29) is 74.3 Å². The van der Waals surface area contributed by atoms with Crippen molar-refractivity contribution in [2.24, 2.45) is 35.5 Å². The largest absolute Gasteiger partial charge is 0.488 e. The second-order valence-electron chi connectivity index (χ2n) is 18.8. The van der Waals surface area contributed by atoms with Crippen LogP contribution in [-0.2, 0) is 44.7 Å². The number of aliphatic hydroxyl groups is 3. The molecular formula is C49H73NO12. The number of methoxy groups -OCH3 is 2. The minimum Gasteiger partial charge on any atom is -0.488 e. The molecule has 4 aliphatic rings. The summed E-state index contributed by atoms with van der Waals surface area (Å²) in [5.74, 6) is -3.67. The van der Waals surface area contributed by atoms with Crippen LogP contribution < -0.4 is 4.74 Å². The molecule has 2 aliphatic heterocycles. The number of Topliss-reactive ketones (excluding diaryl/α,β-unsaturated/α-hetero) is 2. The second-order valence-corrected chi connectivity index (χ2v) is 18.8. The molecule has 13 nitrogen and oxygen atoms in total. The first-order valence-electron chi connectivity index (χ1n) is 22.9. The Bertz CT molecular complexity index is 1740. The van der Waals surface area contributed by atoms with Gasteiger partial charge >= 0.3 is 5.97 Å². The van der Waals surface area contributed by atoms with E-state index in [4.69, 9.17) is 23.7 Å². The summed E-state index contributed by atoms with van der Waals surface area (Å²) in [5, 5.41) is 32.8. The van der Waals surface area contributed by atoms with E-state index in [9.17, 15) is 34.5 Å². The van der Waals surface area contributed by atoms with Crippen molar-refractivity contribution in [2.75, 3.05) is 27.4 Å². The van der Waals surface area contributed by atoms with Crippen LogP contribution in [0, 0.1) is 35.5 Å². The van der Waals surface area contributed by atoms with Gasteiger partial charge in [0.15, 0.2) is 0 Å². The smallest absolute Gasteiger partial charge is 0.357 e. The van der Waals surface area contributed by atoms with Crippen molar-refractivity contribution in [3.05, 3.63) is 53.1 Å². The lowest BCUT2D eigenvalue weighted by Crippen LogP contribution is -2.62. The Kier molecular flexibility index (Phi) is 17.9. The molecular weight excluding hydrogens is 795 g/mol. The molecule has 0 radical (unpaired) electrons. The summed E-state index contributed by atoms with van der Waals surface area (Å²) >= 11 is 0. The van der Waals surface area contributed by atoms with Crippen molar-refractivity contribution in [1.82, 2.24) is 4.90 Å². The number of ketones is 2. The Morgan fingerprint density at radius 2 is 1.66 bits per heavy atom. The van der Waals surface area contributed by atoms with E-state index in [2.05, 4.69) is 13.0 Å². The zero-order valence-electron chi connectivity index (χ0n) is 38.3. The molecule has 3 fully saturated rings. The first-order valence-corrected chi connectivity index (χ1v) is 22.9. The number of fused-ring (bicyclic) bond motifs is 3. The Labute approximate surface area is 368 Å². The molecule has 2 saturated carbocycles. The summed E-state index contributed by atoms with van der Waals surface area (Å²) in [6, 6.07) is 7.12. The van der Waals surface area contributed by atoms with Gasteiger partial charge in [0, 0.05) is 39.0 Å². The number of esters is 1. The fourth-order valence-electron chi connectivity index (χ4n) is 10.4. The Hall–Kier alpha value is -3.46. The second kappa shape index (κ2) is 22.4. The molecule has 2 heterocycles. The highest BCUT2D eigenvalue weighted by Crippen LogP contribution is 2.43. The lowest BCUT2D eigenvalue weighted by Gasteiger charge is -2.47. The number of rotatable bonds is 8. The molecule has 5 rings (SSSR count). The molecule has 3 N–H and O–H groups in total. The van der Waals surface area contributed by atoms with Gasteiger partial charge in [-0.2, -0.15) is 0 Å². The van der Waals surface area contributed by atoms with Gasteiger partial charge in [0.05, 0.1) is 31.5 Å². The molecule has 1 amide bonds. The maximum absolute atomic E-state index is 14.4. The number of allylic oxidation sites excluding steroid dienone is 3. The molecule has 13 unspecified atom stereocenters. The van der Waals surface area contributed by atoms with Crippen LogP contribution in [0.3, 0.4) is 0 Å². The van der Waals surface area contributed by atoms with E-state index in [1.807, 2.05) is 33.8 Å². The molecule has 1 aromatic carbocycles. The number of nitrogens with zero attached hydrogens (tertiary/aromatic N) is 1. The highest BCUT2D eigenvalue weighted by atomic mass is 16.6.